The first-order valence-electron chi connectivity index (χ1n) is 6.88. The zero-order valence-electron chi connectivity index (χ0n) is 11.7. The van der Waals surface area contributed by atoms with Crippen molar-refractivity contribution in [3.05, 3.63) is 23.8 Å². The number of rotatable bonds is 2. The summed E-state index contributed by atoms with van der Waals surface area (Å²) in [6.45, 7) is 3.21. The number of ether oxygens (including phenoxy) is 1. The van der Waals surface area contributed by atoms with Gasteiger partial charge in [0, 0.05) is 12.6 Å². The van der Waals surface area contributed by atoms with Gasteiger partial charge in [0.25, 0.3) is 0 Å². The molecule has 0 aromatic heterocycles. The van der Waals surface area contributed by atoms with Crippen molar-refractivity contribution in [2.75, 3.05) is 24.3 Å². The highest BCUT2D eigenvalue weighted by molar-refractivity contribution is 5.92. The van der Waals surface area contributed by atoms with Gasteiger partial charge < -0.3 is 15.4 Å². The number of hydrogen-bond acceptors (Lipinski definition) is 4. The maximum Gasteiger partial charge on any atom is 0.337 e. The van der Waals surface area contributed by atoms with Crippen molar-refractivity contribution >= 4 is 17.3 Å². The Morgan fingerprint density at radius 2 is 2.16 bits per heavy atom. The Kier molecular flexibility index (Phi) is 4.30. The van der Waals surface area contributed by atoms with Crippen LogP contribution >= 0.6 is 0 Å². The molecule has 0 bridgehead atoms. The Bertz CT molecular complexity index is 459. The molecule has 1 heterocycles. The molecule has 0 saturated carbocycles. The van der Waals surface area contributed by atoms with Crippen molar-refractivity contribution in [3.8, 4) is 0 Å². The minimum absolute atomic E-state index is 0.316. The molecular weight excluding hydrogens is 240 g/mol. The molecule has 1 aliphatic heterocycles. The first-order chi connectivity index (χ1) is 9.13. The van der Waals surface area contributed by atoms with E-state index in [0.29, 0.717) is 11.6 Å². The number of hydrogen-bond donors (Lipinski definition) is 1. The van der Waals surface area contributed by atoms with Gasteiger partial charge in [0.15, 0.2) is 0 Å². The maximum absolute atomic E-state index is 11.6. The number of methoxy groups -OCH3 is 1. The minimum Gasteiger partial charge on any atom is -0.465 e. The Balaban J connectivity index is 2.33. The van der Waals surface area contributed by atoms with E-state index in [1.165, 1.54) is 32.8 Å². The largest absolute Gasteiger partial charge is 0.465 e. The zero-order chi connectivity index (χ0) is 13.8. The third-order valence-electron chi connectivity index (χ3n) is 3.81. The van der Waals surface area contributed by atoms with E-state index in [1.807, 2.05) is 6.07 Å². The van der Waals surface area contributed by atoms with Crippen LogP contribution in [0.2, 0.25) is 0 Å². The molecule has 1 unspecified atom stereocenters. The Hall–Kier alpha value is -1.71. The van der Waals surface area contributed by atoms with Gasteiger partial charge in [0.1, 0.15) is 0 Å². The summed E-state index contributed by atoms with van der Waals surface area (Å²) in [7, 11) is 1.40. The van der Waals surface area contributed by atoms with Gasteiger partial charge in [-0.15, -0.1) is 0 Å². The van der Waals surface area contributed by atoms with Crippen LogP contribution in [0.25, 0.3) is 0 Å². The molecule has 0 amide bonds. The van der Waals surface area contributed by atoms with Gasteiger partial charge in [-0.25, -0.2) is 4.79 Å². The Morgan fingerprint density at radius 1 is 1.37 bits per heavy atom. The average Bonchev–Trinajstić information content (AvgIpc) is 2.63. The van der Waals surface area contributed by atoms with E-state index in [2.05, 4.69) is 11.8 Å². The van der Waals surface area contributed by atoms with Crippen molar-refractivity contribution < 1.29 is 9.53 Å². The van der Waals surface area contributed by atoms with Crippen LogP contribution in [0.4, 0.5) is 11.4 Å². The summed E-state index contributed by atoms with van der Waals surface area (Å²) < 4.78 is 4.77. The number of nitrogens with two attached hydrogens (primary N) is 1. The molecule has 1 saturated heterocycles. The number of esters is 1. The standard InChI is InChI=1S/C15H22N2O2/c1-11-6-4-3-5-9-17(11)14-10-12(15(18)19-2)7-8-13(14)16/h7-8,10-11H,3-6,9,16H2,1-2H3. The molecule has 0 spiro atoms. The summed E-state index contributed by atoms with van der Waals surface area (Å²) in [5, 5.41) is 0. The van der Waals surface area contributed by atoms with E-state index < -0.39 is 0 Å². The number of nitrogens with zero attached hydrogens (tertiary/aromatic N) is 1. The fourth-order valence-electron chi connectivity index (χ4n) is 2.67. The van der Waals surface area contributed by atoms with Gasteiger partial charge in [-0.05, 0) is 38.0 Å². The van der Waals surface area contributed by atoms with E-state index in [4.69, 9.17) is 10.5 Å². The lowest BCUT2D eigenvalue weighted by molar-refractivity contribution is 0.0601. The van der Waals surface area contributed by atoms with Gasteiger partial charge in [-0.3, -0.25) is 0 Å². The van der Waals surface area contributed by atoms with E-state index in [1.54, 1.807) is 12.1 Å². The SMILES string of the molecule is COC(=O)c1ccc(N)c(N2CCCCCC2C)c1. The van der Waals surface area contributed by atoms with Gasteiger partial charge >= 0.3 is 5.97 Å². The fourth-order valence-corrected chi connectivity index (χ4v) is 2.67. The second-order valence-corrected chi connectivity index (χ2v) is 5.16. The van der Waals surface area contributed by atoms with Crippen molar-refractivity contribution in [1.82, 2.24) is 0 Å². The lowest BCUT2D eigenvalue weighted by atomic mass is 10.1. The molecule has 1 fully saturated rings. The van der Waals surface area contributed by atoms with Crippen LogP contribution in [-0.2, 0) is 4.74 Å². The highest BCUT2D eigenvalue weighted by atomic mass is 16.5. The number of benzene rings is 1. The lowest BCUT2D eigenvalue weighted by Gasteiger charge is -2.30. The third-order valence-corrected chi connectivity index (χ3v) is 3.81. The molecule has 4 heteroatoms. The van der Waals surface area contributed by atoms with E-state index in [9.17, 15) is 4.79 Å². The molecule has 4 nitrogen and oxygen atoms in total. The molecular formula is C15H22N2O2. The smallest absolute Gasteiger partial charge is 0.337 e. The topological polar surface area (TPSA) is 55.6 Å². The molecule has 2 N–H and O–H groups in total. The molecule has 19 heavy (non-hydrogen) atoms. The monoisotopic (exact) mass is 262 g/mol. The van der Waals surface area contributed by atoms with Crippen LogP contribution in [0.15, 0.2) is 18.2 Å². The Morgan fingerprint density at radius 3 is 2.89 bits per heavy atom. The van der Waals surface area contributed by atoms with Crippen LogP contribution in [-0.4, -0.2) is 25.7 Å². The second kappa shape index (κ2) is 5.95. The maximum atomic E-state index is 11.6. The summed E-state index contributed by atoms with van der Waals surface area (Å²) in [4.78, 5) is 13.9. The summed E-state index contributed by atoms with van der Waals surface area (Å²) in [5.41, 5.74) is 8.32. The third kappa shape index (κ3) is 3.00. The van der Waals surface area contributed by atoms with Gasteiger partial charge in [0.05, 0.1) is 24.0 Å². The van der Waals surface area contributed by atoms with Crippen LogP contribution < -0.4 is 10.6 Å². The molecule has 1 atom stereocenters. The quantitative estimate of drug-likeness (QED) is 0.657. The highest BCUT2D eigenvalue weighted by Crippen LogP contribution is 2.30. The van der Waals surface area contributed by atoms with Crippen LogP contribution in [0.5, 0.6) is 0 Å². The number of carbonyl (C=O) groups is 1. The first-order valence-corrected chi connectivity index (χ1v) is 6.88. The van der Waals surface area contributed by atoms with Crippen LogP contribution in [0, 0.1) is 0 Å². The molecule has 104 valence electrons. The fraction of sp³-hybridized carbons (Fsp3) is 0.533. The van der Waals surface area contributed by atoms with Crippen molar-refractivity contribution in [1.29, 1.82) is 0 Å². The second-order valence-electron chi connectivity index (χ2n) is 5.16. The molecule has 0 aliphatic carbocycles. The van der Waals surface area contributed by atoms with Crippen LogP contribution in [0.1, 0.15) is 43.0 Å². The van der Waals surface area contributed by atoms with Crippen molar-refractivity contribution in [3.63, 3.8) is 0 Å². The molecule has 1 aliphatic rings. The van der Waals surface area contributed by atoms with E-state index in [0.717, 1.165) is 17.9 Å². The number of carbonyl (C=O) groups excluding carboxylic acids is 1. The number of nitrogen functional groups attached to an aromatic ring is 1. The number of anilines is 2. The lowest BCUT2D eigenvalue weighted by Crippen LogP contribution is -2.33. The van der Waals surface area contributed by atoms with Crippen molar-refractivity contribution in [2.24, 2.45) is 0 Å². The minimum atomic E-state index is -0.316. The molecule has 1 aromatic carbocycles. The predicted octanol–water partition coefficient (Wildman–Crippen LogP) is 2.82. The summed E-state index contributed by atoms with van der Waals surface area (Å²) in [6, 6.07) is 5.81. The molecule has 0 radical (unpaired) electrons. The predicted molar refractivity (Wildman–Crippen MR) is 77.5 cm³/mol. The summed E-state index contributed by atoms with van der Waals surface area (Å²) in [5.74, 6) is -0.316. The van der Waals surface area contributed by atoms with E-state index >= 15 is 0 Å². The molecule has 2 rings (SSSR count). The van der Waals surface area contributed by atoms with Crippen LogP contribution in [0.3, 0.4) is 0 Å². The molecule has 1 aromatic rings. The average molecular weight is 262 g/mol. The first kappa shape index (κ1) is 13.7. The highest BCUT2D eigenvalue weighted by Gasteiger charge is 2.20. The Labute approximate surface area is 114 Å². The summed E-state index contributed by atoms with van der Waals surface area (Å²) >= 11 is 0. The summed E-state index contributed by atoms with van der Waals surface area (Å²) in [6.07, 6.45) is 4.86. The van der Waals surface area contributed by atoms with Gasteiger partial charge in [0.2, 0.25) is 0 Å². The van der Waals surface area contributed by atoms with Gasteiger partial charge in [-0.2, -0.15) is 0 Å². The van der Waals surface area contributed by atoms with Gasteiger partial charge in [-0.1, -0.05) is 12.8 Å². The van der Waals surface area contributed by atoms with Crippen molar-refractivity contribution in [2.45, 2.75) is 38.6 Å². The van der Waals surface area contributed by atoms with E-state index in [-0.39, 0.29) is 5.97 Å². The zero-order valence-corrected chi connectivity index (χ0v) is 11.7. The normalized spacial score (nSPS) is 19.9.